The molecule has 0 aromatic carbocycles. The number of carbonyl (C=O) groups is 2. The van der Waals surface area contributed by atoms with Gasteiger partial charge in [0.05, 0.1) is 11.8 Å². The quantitative estimate of drug-likeness (QED) is 0.690. The number of carbonyl (C=O) groups excluding carboxylic acids is 2. The number of piperidine rings is 1. The van der Waals surface area contributed by atoms with Crippen molar-refractivity contribution in [1.29, 1.82) is 0 Å². The summed E-state index contributed by atoms with van der Waals surface area (Å²) >= 11 is 0. The van der Waals surface area contributed by atoms with E-state index in [1.165, 1.54) is 0 Å². The Kier molecular flexibility index (Phi) is 4.73. The molecule has 5 nitrogen and oxygen atoms in total. The molecule has 1 heterocycles. The van der Waals surface area contributed by atoms with E-state index in [0.717, 1.165) is 25.8 Å². The van der Waals surface area contributed by atoms with E-state index in [1.54, 1.807) is 4.90 Å². The summed E-state index contributed by atoms with van der Waals surface area (Å²) in [5.74, 6) is -0.547. The molecule has 0 saturated carbocycles. The predicted molar refractivity (Wildman–Crippen MR) is 61.3 cm³/mol. The lowest BCUT2D eigenvalue weighted by Crippen LogP contribution is -2.47. The van der Waals surface area contributed by atoms with E-state index in [9.17, 15) is 9.59 Å². The third-order valence-electron chi connectivity index (χ3n) is 3.26. The molecule has 1 rings (SSSR count). The lowest BCUT2D eigenvalue weighted by molar-refractivity contribution is -0.138. The van der Waals surface area contributed by atoms with Gasteiger partial charge in [0.15, 0.2) is 0 Å². The number of likely N-dealkylation sites (tertiary alicyclic amines) is 1. The van der Waals surface area contributed by atoms with Crippen molar-refractivity contribution < 1.29 is 9.59 Å². The molecule has 1 aliphatic rings. The van der Waals surface area contributed by atoms with Crippen molar-refractivity contribution >= 4 is 11.8 Å². The smallest absolute Gasteiger partial charge is 0.226 e. The predicted octanol–water partition coefficient (Wildman–Crippen LogP) is -0.305. The molecule has 0 radical (unpaired) electrons. The highest BCUT2D eigenvalue weighted by Gasteiger charge is 2.29. The van der Waals surface area contributed by atoms with Crippen molar-refractivity contribution in [2.45, 2.75) is 26.2 Å². The van der Waals surface area contributed by atoms with E-state index in [0.29, 0.717) is 13.1 Å². The molecule has 0 bridgehead atoms. The van der Waals surface area contributed by atoms with Crippen LogP contribution in [-0.2, 0) is 9.59 Å². The van der Waals surface area contributed by atoms with Gasteiger partial charge in [-0.2, -0.15) is 0 Å². The van der Waals surface area contributed by atoms with Crippen LogP contribution >= 0.6 is 0 Å². The number of hydrogen-bond acceptors (Lipinski definition) is 3. The summed E-state index contributed by atoms with van der Waals surface area (Å²) in [5.41, 5.74) is 10.8. The van der Waals surface area contributed by atoms with Crippen LogP contribution in [-0.4, -0.2) is 36.3 Å². The van der Waals surface area contributed by atoms with Crippen molar-refractivity contribution in [3.63, 3.8) is 0 Å². The Labute approximate surface area is 96.1 Å². The van der Waals surface area contributed by atoms with Crippen LogP contribution < -0.4 is 11.5 Å². The van der Waals surface area contributed by atoms with Crippen LogP contribution in [0.5, 0.6) is 0 Å². The first kappa shape index (κ1) is 13.0. The second-order valence-electron chi connectivity index (χ2n) is 4.37. The van der Waals surface area contributed by atoms with E-state index in [4.69, 9.17) is 11.5 Å². The standard InChI is InChI=1S/C11H21N3O2/c1-2-8(6-12)11(16)14-5-3-4-9(7-14)10(13)15/h8-9H,2-7,12H2,1H3,(H2,13,15). The molecule has 16 heavy (non-hydrogen) atoms. The van der Waals surface area contributed by atoms with E-state index < -0.39 is 0 Å². The number of amides is 2. The molecule has 0 spiro atoms. The van der Waals surface area contributed by atoms with Crippen molar-refractivity contribution in [2.24, 2.45) is 23.3 Å². The van der Waals surface area contributed by atoms with Gasteiger partial charge in [-0.05, 0) is 19.3 Å². The van der Waals surface area contributed by atoms with Crippen molar-refractivity contribution in [1.82, 2.24) is 4.90 Å². The normalized spacial score (nSPS) is 22.9. The van der Waals surface area contributed by atoms with Crippen LogP contribution in [0.25, 0.3) is 0 Å². The van der Waals surface area contributed by atoms with Crippen LogP contribution in [0.15, 0.2) is 0 Å². The van der Waals surface area contributed by atoms with Gasteiger partial charge in [0, 0.05) is 19.6 Å². The Balaban J connectivity index is 2.59. The van der Waals surface area contributed by atoms with Gasteiger partial charge in [-0.3, -0.25) is 9.59 Å². The highest BCUT2D eigenvalue weighted by Crippen LogP contribution is 2.18. The SMILES string of the molecule is CCC(CN)C(=O)N1CCCC(C(N)=O)C1. The topological polar surface area (TPSA) is 89.4 Å². The largest absolute Gasteiger partial charge is 0.369 e. The molecule has 5 heteroatoms. The molecule has 0 aliphatic carbocycles. The summed E-state index contributed by atoms with van der Waals surface area (Å²) in [6, 6.07) is 0. The van der Waals surface area contributed by atoms with Gasteiger partial charge < -0.3 is 16.4 Å². The number of primary amides is 1. The zero-order valence-electron chi connectivity index (χ0n) is 9.82. The fourth-order valence-electron chi connectivity index (χ4n) is 2.11. The third-order valence-corrected chi connectivity index (χ3v) is 3.26. The zero-order valence-corrected chi connectivity index (χ0v) is 9.82. The number of nitrogens with two attached hydrogens (primary N) is 2. The highest BCUT2D eigenvalue weighted by molar-refractivity contribution is 5.81. The highest BCUT2D eigenvalue weighted by atomic mass is 16.2. The molecule has 1 aliphatic heterocycles. The van der Waals surface area contributed by atoms with Gasteiger partial charge in [0.2, 0.25) is 11.8 Å². The first-order valence-electron chi connectivity index (χ1n) is 5.88. The Bertz CT molecular complexity index is 264. The van der Waals surface area contributed by atoms with Crippen molar-refractivity contribution in [3.05, 3.63) is 0 Å². The average molecular weight is 227 g/mol. The lowest BCUT2D eigenvalue weighted by atomic mass is 9.95. The Morgan fingerprint density at radius 2 is 2.19 bits per heavy atom. The summed E-state index contributed by atoms with van der Waals surface area (Å²) in [6.07, 6.45) is 2.38. The molecule has 0 aromatic heterocycles. The fraction of sp³-hybridized carbons (Fsp3) is 0.818. The maximum atomic E-state index is 12.0. The Morgan fingerprint density at radius 3 is 2.69 bits per heavy atom. The van der Waals surface area contributed by atoms with Crippen LogP contribution in [0.3, 0.4) is 0 Å². The van der Waals surface area contributed by atoms with Gasteiger partial charge in [-0.25, -0.2) is 0 Å². The summed E-state index contributed by atoms with van der Waals surface area (Å²) in [7, 11) is 0. The maximum Gasteiger partial charge on any atom is 0.226 e. The lowest BCUT2D eigenvalue weighted by Gasteiger charge is -2.33. The molecule has 1 fully saturated rings. The molecular formula is C11H21N3O2. The average Bonchev–Trinajstić information content (AvgIpc) is 2.30. The summed E-state index contributed by atoms with van der Waals surface area (Å²) < 4.78 is 0. The summed E-state index contributed by atoms with van der Waals surface area (Å²) in [6.45, 7) is 3.50. The molecule has 2 amide bonds. The number of rotatable bonds is 4. The van der Waals surface area contributed by atoms with E-state index in [1.807, 2.05) is 6.92 Å². The van der Waals surface area contributed by atoms with Crippen LogP contribution in [0.1, 0.15) is 26.2 Å². The van der Waals surface area contributed by atoms with Crippen molar-refractivity contribution in [3.8, 4) is 0 Å². The van der Waals surface area contributed by atoms with Gasteiger partial charge in [0.25, 0.3) is 0 Å². The third kappa shape index (κ3) is 2.95. The molecule has 0 aromatic rings. The van der Waals surface area contributed by atoms with Gasteiger partial charge in [0.1, 0.15) is 0 Å². The Morgan fingerprint density at radius 1 is 1.50 bits per heavy atom. The molecule has 2 unspecified atom stereocenters. The minimum Gasteiger partial charge on any atom is -0.369 e. The molecule has 2 atom stereocenters. The maximum absolute atomic E-state index is 12.0. The minimum absolute atomic E-state index is 0.0657. The molecular weight excluding hydrogens is 206 g/mol. The number of nitrogens with zero attached hydrogens (tertiary/aromatic N) is 1. The molecule has 92 valence electrons. The molecule has 4 N–H and O–H groups in total. The second-order valence-corrected chi connectivity index (χ2v) is 4.37. The van der Waals surface area contributed by atoms with E-state index in [2.05, 4.69) is 0 Å². The fourth-order valence-corrected chi connectivity index (χ4v) is 2.11. The zero-order chi connectivity index (χ0) is 12.1. The first-order valence-corrected chi connectivity index (χ1v) is 5.88. The van der Waals surface area contributed by atoms with Crippen LogP contribution in [0.2, 0.25) is 0 Å². The first-order chi connectivity index (χ1) is 7.60. The van der Waals surface area contributed by atoms with Crippen LogP contribution in [0, 0.1) is 11.8 Å². The Hall–Kier alpha value is -1.10. The number of hydrogen-bond donors (Lipinski definition) is 2. The van der Waals surface area contributed by atoms with E-state index >= 15 is 0 Å². The van der Waals surface area contributed by atoms with Gasteiger partial charge in [-0.1, -0.05) is 6.92 Å². The molecule has 1 saturated heterocycles. The monoisotopic (exact) mass is 227 g/mol. The van der Waals surface area contributed by atoms with Crippen LogP contribution in [0.4, 0.5) is 0 Å². The summed E-state index contributed by atoms with van der Waals surface area (Å²) in [5, 5.41) is 0. The van der Waals surface area contributed by atoms with Gasteiger partial charge in [-0.15, -0.1) is 0 Å². The second kappa shape index (κ2) is 5.84. The summed E-state index contributed by atoms with van der Waals surface area (Å²) in [4.78, 5) is 24.8. The minimum atomic E-state index is -0.307. The van der Waals surface area contributed by atoms with E-state index in [-0.39, 0.29) is 23.7 Å². The van der Waals surface area contributed by atoms with Gasteiger partial charge >= 0.3 is 0 Å². The van der Waals surface area contributed by atoms with Crippen molar-refractivity contribution in [2.75, 3.05) is 19.6 Å².